The van der Waals surface area contributed by atoms with Crippen LogP contribution in [0.5, 0.6) is 0 Å². The van der Waals surface area contributed by atoms with Gasteiger partial charge in [0.1, 0.15) is 4.88 Å². The molecule has 2 rings (SSSR count). The summed E-state index contributed by atoms with van der Waals surface area (Å²) in [4.78, 5) is 15.2. The maximum absolute atomic E-state index is 12.4. The molecule has 0 bridgehead atoms. The molecule has 0 atom stereocenters. The molecule has 0 radical (unpaired) electrons. The SMILES string of the molecule is CC(C)CN(C(=O)c1sccc1Br)C1CC1. The van der Waals surface area contributed by atoms with Gasteiger partial charge in [0.15, 0.2) is 0 Å². The summed E-state index contributed by atoms with van der Waals surface area (Å²) in [6.07, 6.45) is 2.34. The van der Waals surface area contributed by atoms with Gasteiger partial charge in [0.2, 0.25) is 0 Å². The van der Waals surface area contributed by atoms with Crippen LogP contribution in [0.25, 0.3) is 0 Å². The van der Waals surface area contributed by atoms with E-state index in [1.165, 1.54) is 24.2 Å². The summed E-state index contributed by atoms with van der Waals surface area (Å²) >= 11 is 4.95. The number of hydrogen-bond donors (Lipinski definition) is 0. The fourth-order valence-electron chi connectivity index (χ4n) is 1.75. The molecule has 4 heteroatoms. The Bertz CT molecular complexity index is 384. The fraction of sp³-hybridized carbons (Fsp3) is 0.583. The van der Waals surface area contributed by atoms with Crippen LogP contribution in [-0.2, 0) is 0 Å². The van der Waals surface area contributed by atoms with Gasteiger partial charge in [-0.25, -0.2) is 0 Å². The topological polar surface area (TPSA) is 20.3 Å². The lowest BCUT2D eigenvalue weighted by Gasteiger charge is -2.24. The van der Waals surface area contributed by atoms with E-state index in [0.29, 0.717) is 12.0 Å². The van der Waals surface area contributed by atoms with Crippen molar-refractivity contribution < 1.29 is 4.79 Å². The van der Waals surface area contributed by atoms with E-state index in [1.54, 1.807) is 0 Å². The summed E-state index contributed by atoms with van der Waals surface area (Å²) in [5, 5.41) is 1.96. The maximum Gasteiger partial charge on any atom is 0.265 e. The monoisotopic (exact) mass is 301 g/mol. The molecule has 1 aliphatic carbocycles. The van der Waals surface area contributed by atoms with Gasteiger partial charge in [0.05, 0.1) is 0 Å². The number of hydrogen-bond acceptors (Lipinski definition) is 2. The summed E-state index contributed by atoms with van der Waals surface area (Å²) in [6, 6.07) is 2.43. The minimum absolute atomic E-state index is 0.193. The summed E-state index contributed by atoms with van der Waals surface area (Å²) in [5.41, 5.74) is 0. The second kappa shape index (κ2) is 4.88. The molecule has 1 aromatic rings. The average Bonchev–Trinajstić information content (AvgIpc) is 2.97. The zero-order valence-corrected chi connectivity index (χ0v) is 12.0. The Labute approximate surface area is 109 Å². The molecule has 0 unspecified atom stereocenters. The van der Waals surface area contributed by atoms with Crippen molar-refractivity contribution in [1.29, 1.82) is 0 Å². The van der Waals surface area contributed by atoms with Gasteiger partial charge in [-0.1, -0.05) is 13.8 Å². The molecule has 1 saturated carbocycles. The fourth-order valence-corrected chi connectivity index (χ4v) is 3.25. The first kappa shape index (κ1) is 12.1. The lowest BCUT2D eigenvalue weighted by molar-refractivity contribution is 0.0726. The van der Waals surface area contributed by atoms with Crippen molar-refractivity contribution >= 4 is 33.2 Å². The molecule has 0 N–H and O–H groups in total. The molecule has 2 nitrogen and oxygen atoms in total. The highest BCUT2D eigenvalue weighted by molar-refractivity contribution is 9.10. The predicted octanol–water partition coefficient (Wildman–Crippen LogP) is 3.77. The average molecular weight is 302 g/mol. The zero-order chi connectivity index (χ0) is 11.7. The molecule has 0 aromatic carbocycles. The third kappa shape index (κ3) is 2.66. The van der Waals surface area contributed by atoms with E-state index in [2.05, 4.69) is 29.8 Å². The minimum Gasteiger partial charge on any atom is -0.335 e. The Morgan fingerprint density at radius 2 is 2.31 bits per heavy atom. The normalized spacial score (nSPS) is 15.5. The van der Waals surface area contributed by atoms with Gasteiger partial charge in [0, 0.05) is 17.1 Å². The molecular weight excluding hydrogens is 286 g/mol. The third-order valence-corrected chi connectivity index (χ3v) is 4.45. The van der Waals surface area contributed by atoms with Gasteiger partial charge in [-0.15, -0.1) is 11.3 Å². The molecule has 1 aliphatic rings. The van der Waals surface area contributed by atoms with Crippen LogP contribution in [0.15, 0.2) is 15.9 Å². The first-order valence-corrected chi connectivity index (χ1v) is 7.31. The van der Waals surface area contributed by atoms with E-state index in [-0.39, 0.29) is 5.91 Å². The van der Waals surface area contributed by atoms with Gasteiger partial charge in [0.25, 0.3) is 5.91 Å². The number of amides is 1. The highest BCUT2D eigenvalue weighted by atomic mass is 79.9. The van der Waals surface area contributed by atoms with E-state index in [4.69, 9.17) is 0 Å². The van der Waals surface area contributed by atoms with E-state index in [9.17, 15) is 4.79 Å². The Balaban J connectivity index is 2.14. The van der Waals surface area contributed by atoms with Crippen molar-refractivity contribution in [3.05, 3.63) is 20.8 Å². The van der Waals surface area contributed by atoms with Gasteiger partial charge in [-0.05, 0) is 46.1 Å². The molecule has 1 aromatic heterocycles. The van der Waals surface area contributed by atoms with Crippen molar-refractivity contribution in [2.45, 2.75) is 32.7 Å². The van der Waals surface area contributed by atoms with Crippen LogP contribution in [0.3, 0.4) is 0 Å². The molecule has 0 aliphatic heterocycles. The Hall–Kier alpha value is -0.350. The number of nitrogens with zero attached hydrogens (tertiary/aromatic N) is 1. The number of carbonyl (C=O) groups excluding carboxylic acids is 1. The van der Waals surface area contributed by atoms with Gasteiger partial charge in [-0.3, -0.25) is 4.79 Å². The number of thiophene rings is 1. The van der Waals surface area contributed by atoms with E-state index < -0.39 is 0 Å². The molecule has 1 heterocycles. The highest BCUT2D eigenvalue weighted by Gasteiger charge is 2.34. The van der Waals surface area contributed by atoms with Crippen molar-refractivity contribution in [2.24, 2.45) is 5.92 Å². The predicted molar refractivity (Wildman–Crippen MR) is 70.9 cm³/mol. The van der Waals surface area contributed by atoms with Crippen molar-refractivity contribution in [3.63, 3.8) is 0 Å². The summed E-state index contributed by atoms with van der Waals surface area (Å²) in [6.45, 7) is 5.19. The number of halogens is 1. The highest BCUT2D eigenvalue weighted by Crippen LogP contribution is 2.32. The van der Waals surface area contributed by atoms with E-state index in [1.807, 2.05) is 16.3 Å². The lowest BCUT2D eigenvalue weighted by atomic mass is 10.2. The van der Waals surface area contributed by atoms with Crippen LogP contribution in [0, 0.1) is 5.92 Å². The summed E-state index contributed by atoms with van der Waals surface area (Å²) in [7, 11) is 0. The Morgan fingerprint density at radius 3 is 2.75 bits per heavy atom. The van der Waals surface area contributed by atoms with E-state index >= 15 is 0 Å². The van der Waals surface area contributed by atoms with Crippen LogP contribution >= 0.6 is 27.3 Å². The second-order valence-electron chi connectivity index (χ2n) is 4.68. The molecule has 1 amide bonds. The minimum atomic E-state index is 0.193. The van der Waals surface area contributed by atoms with Crippen molar-refractivity contribution in [3.8, 4) is 0 Å². The van der Waals surface area contributed by atoms with Gasteiger partial charge in [-0.2, -0.15) is 0 Å². The Kier molecular flexibility index (Phi) is 3.70. The van der Waals surface area contributed by atoms with Crippen molar-refractivity contribution in [1.82, 2.24) is 4.90 Å². The smallest absolute Gasteiger partial charge is 0.265 e. The molecule has 16 heavy (non-hydrogen) atoms. The largest absolute Gasteiger partial charge is 0.335 e. The standard InChI is InChI=1S/C12H16BrNOS/c1-8(2)7-14(9-3-4-9)12(15)11-10(13)5-6-16-11/h5-6,8-9H,3-4,7H2,1-2H3. The molecule has 88 valence electrons. The summed E-state index contributed by atoms with van der Waals surface area (Å²) in [5.74, 6) is 0.723. The lowest BCUT2D eigenvalue weighted by Crippen LogP contribution is -2.35. The third-order valence-electron chi connectivity index (χ3n) is 2.62. The first-order chi connectivity index (χ1) is 7.59. The second-order valence-corrected chi connectivity index (χ2v) is 6.45. The van der Waals surface area contributed by atoms with Crippen LogP contribution < -0.4 is 0 Å². The van der Waals surface area contributed by atoms with Crippen LogP contribution in [0.1, 0.15) is 36.4 Å². The molecule has 0 spiro atoms. The molecular formula is C12H16BrNOS. The molecule has 0 saturated heterocycles. The van der Waals surface area contributed by atoms with Gasteiger partial charge >= 0.3 is 0 Å². The number of carbonyl (C=O) groups is 1. The zero-order valence-electron chi connectivity index (χ0n) is 9.57. The Morgan fingerprint density at radius 1 is 1.62 bits per heavy atom. The first-order valence-electron chi connectivity index (χ1n) is 5.63. The van der Waals surface area contributed by atoms with Crippen molar-refractivity contribution in [2.75, 3.05) is 6.54 Å². The van der Waals surface area contributed by atoms with Crippen LogP contribution in [0.2, 0.25) is 0 Å². The summed E-state index contributed by atoms with van der Waals surface area (Å²) < 4.78 is 0.928. The van der Waals surface area contributed by atoms with Crippen LogP contribution in [-0.4, -0.2) is 23.4 Å². The van der Waals surface area contributed by atoms with Crippen LogP contribution in [0.4, 0.5) is 0 Å². The quantitative estimate of drug-likeness (QED) is 0.829. The van der Waals surface area contributed by atoms with E-state index in [0.717, 1.165) is 15.9 Å². The van der Waals surface area contributed by atoms with Gasteiger partial charge < -0.3 is 4.90 Å². The molecule has 1 fully saturated rings. The number of rotatable bonds is 4. The maximum atomic E-state index is 12.4.